The fraction of sp³-hybridized carbons (Fsp3) is 0.200. The van der Waals surface area contributed by atoms with Gasteiger partial charge in [-0.25, -0.2) is 13.6 Å². The highest BCUT2D eigenvalue weighted by Crippen LogP contribution is 2.22. The number of sulfonamides is 1. The first-order chi connectivity index (χ1) is 13.3. The number of carbonyl (C=O) groups is 1. The lowest BCUT2D eigenvalue weighted by atomic mass is 10.1. The van der Waals surface area contributed by atoms with Gasteiger partial charge in [-0.2, -0.15) is 5.26 Å². The number of para-hydroxylation sites is 1. The third kappa shape index (κ3) is 5.94. The van der Waals surface area contributed by atoms with Crippen LogP contribution in [0.4, 0.5) is 5.69 Å². The Morgan fingerprint density at radius 3 is 2.50 bits per heavy atom. The predicted molar refractivity (Wildman–Crippen MR) is 107 cm³/mol. The van der Waals surface area contributed by atoms with Gasteiger partial charge in [0.15, 0.2) is 0 Å². The molecule has 0 spiro atoms. The lowest BCUT2D eigenvalue weighted by Gasteiger charge is -2.09. The molecule has 0 saturated heterocycles. The number of hydrogen-bond acceptors (Lipinski definition) is 5. The van der Waals surface area contributed by atoms with Crippen LogP contribution in [0.1, 0.15) is 25.3 Å². The van der Waals surface area contributed by atoms with Crippen LogP contribution in [0.25, 0.3) is 6.08 Å². The molecule has 3 N–H and O–H groups in total. The first kappa shape index (κ1) is 21.2. The standard InChI is InChI=1S/C20H21N3O4S/c1-2-3-12-27-19-7-5-4-6-15(19)13-16(14-21)20(24)23-17-8-10-18(11-9-17)28(22,25)26/h4-11,13H,2-3,12H2,1H3,(H,23,24)(H2,22,25,26). The molecule has 2 rings (SSSR count). The van der Waals surface area contributed by atoms with Crippen molar-refractivity contribution in [1.29, 1.82) is 5.26 Å². The number of amides is 1. The first-order valence-corrected chi connectivity index (χ1v) is 10.2. The number of benzene rings is 2. The number of primary sulfonamides is 1. The molecule has 0 fully saturated rings. The maximum absolute atomic E-state index is 12.4. The van der Waals surface area contributed by atoms with E-state index in [0.29, 0.717) is 23.6 Å². The zero-order valence-electron chi connectivity index (χ0n) is 15.4. The van der Waals surface area contributed by atoms with Crippen LogP contribution in [0.5, 0.6) is 5.75 Å². The molecule has 0 saturated carbocycles. The molecule has 0 aromatic heterocycles. The lowest BCUT2D eigenvalue weighted by molar-refractivity contribution is -0.112. The number of ether oxygens (including phenoxy) is 1. The fourth-order valence-corrected chi connectivity index (χ4v) is 2.80. The zero-order valence-corrected chi connectivity index (χ0v) is 16.2. The van der Waals surface area contributed by atoms with E-state index in [1.807, 2.05) is 12.1 Å². The van der Waals surface area contributed by atoms with Crippen LogP contribution in [0, 0.1) is 11.3 Å². The monoisotopic (exact) mass is 399 g/mol. The lowest BCUT2D eigenvalue weighted by Crippen LogP contribution is -2.14. The Morgan fingerprint density at radius 1 is 1.21 bits per heavy atom. The van der Waals surface area contributed by atoms with E-state index in [2.05, 4.69) is 12.2 Å². The number of nitrogens with two attached hydrogens (primary N) is 1. The van der Waals surface area contributed by atoms with Crippen molar-refractivity contribution >= 4 is 27.7 Å². The second-order valence-electron chi connectivity index (χ2n) is 5.93. The van der Waals surface area contributed by atoms with E-state index in [1.165, 1.54) is 30.3 Å². The van der Waals surface area contributed by atoms with Crippen molar-refractivity contribution in [3.63, 3.8) is 0 Å². The molecule has 146 valence electrons. The maximum Gasteiger partial charge on any atom is 0.266 e. The van der Waals surface area contributed by atoms with Crippen molar-refractivity contribution in [2.45, 2.75) is 24.7 Å². The Hall–Kier alpha value is -3.15. The molecule has 1 amide bonds. The fourth-order valence-electron chi connectivity index (χ4n) is 2.29. The molecule has 8 heteroatoms. The van der Waals surface area contributed by atoms with Crippen molar-refractivity contribution < 1.29 is 17.9 Å². The van der Waals surface area contributed by atoms with Crippen LogP contribution in [0.15, 0.2) is 59.0 Å². The largest absolute Gasteiger partial charge is 0.493 e. The molecule has 0 bridgehead atoms. The van der Waals surface area contributed by atoms with Crippen LogP contribution < -0.4 is 15.2 Å². The van der Waals surface area contributed by atoms with Crippen molar-refractivity contribution in [3.05, 3.63) is 59.7 Å². The van der Waals surface area contributed by atoms with Gasteiger partial charge in [0.05, 0.1) is 11.5 Å². The summed E-state index contributed by atoms with van der Waals surface area (Å²) in [6, 6.07) is 14.4. The second-order valence-corrected chi connectivity index (χ2v) is 7.49. The summed E-state index contributed by atoms with van der Waals surface area (Å²) in [6.45, 7) is 2.61. The average Bonchev–Trinajstić information content (AvgIpc) is 2.67. The van der Waals surface area contributed by atoms with Crippen molar-refractivity contribution in [2.24, 2.45) is 5.14 Å². The van der Waals surface area contributed by atoms with E-state index < -0.39 is 15.9 Å². The van der Waals surface area contributed by atoms with Crippen molar-refractivity contribution in [2.75, 3.05) is 11.9 Å². The van der Waals surface area contributed by atoms with Crippen LogP contribution >= 0.6 is 0 Å². The number of nitriles is 1. The molecule has 2 aromatic rings. The van der Waals surface area contributed by atoms with E-state index in [-0.39, 0.29) is 10.5 Å². The second kappa shape index (κ2) is 9.69. The van der Waals surface area contributed by atoms with Crippen LogP contribution in [0.3, 0.4) is 0 Å². The van der Waals surface area contributed by atoms with Gasteiger partial charge in [-0.15, -0.1) is 0 Å². The highest BCUT2D eigenvalue weighted by molar-refractivity contribution is 7.89. The first-order valence-electron chi connectivity index (χ1n) is 8.63. The quantitative estimate of drug-likeness (QED) is 0.401. The molecule has 0 atom stereocenters. The molecule has 7 nitrogen and oxygen atoms in total. The number of carbonyl (C=O) groups excluding carboxylic acids is 1. The maximum atomic E-state index is 12.4. The minimum absolute atomic E-state index is 0.0697. The van der Waals surface area contributed by atoms with Crippen molar-refractivity contribution in [3.8, 4) is 11.8 Å². The minimum atomic E-state index is -3.81. The summed E-state index contributed by atoms with van der Waals surface area (Å²) in [5.74, 6) is -0.0248. The highest BCUT2D eigenvalue weighted by atomic mass is 32.2. The van der Waals surface area contributed by atoms with E-state index in [9.17, 15) is 18.5 Å². The molecule has 28 heavy (non-hydrogen) atoms. The Labute approximate surface area is 164 Å². The minimum Gasteiger partial charge on any atom is -0.493 e. The number of hydrogen-bond donors (Lipinski definition) is 2. The zero-order chi connectivity index (χ0) is 20.6. The normalized spacial score (nSPS) is 11.5. The SMILES string of the molecule is CCCCOc1ccccc1C=C(C#N)C(=O)Nc1ccc(S(N)(=O)=O)cc1. The molecular formula is C20H21N3O4S. The van der Waals surface area contributed by atoms with Gasteiger partial charge in [-0.1, -0.05) is 31.5 Å². The van der Waals surface area contributed by atoms with Crippen LogP contribution in [-0.4, -0.2) is 20.9 Å². The number of anilines is 1. The molecule has 0 aliphatic rings. The molecule has 0 unspecified atom stereocenters. The van der Waals surface area contributed by atoms with Crippen LogP contribution in [0.2, 0.25) is 0 Å². The third-order valence-corrected chi connectivity index (χ3v) is 4.71. The van der Waals surface area contributed by atoms with Gasteiger partial charge in [0, 0.05) is 11.3 Å². The molecule has 0 heterocycles. The average molecular weight is 399 g/mol. The Bertz CT molecular complexity index is 1010. The summed E-state index contributed by atoms with van der Waals surface area (Å²) >= 11 is 0. The van der Waals surface area contributed by atoms with Crippen molar-refractivity contribution in [1.82, 2.24) is 0 Å². The van der Waals surface area contributed by atoms with Gasteiger partial charge in [-0.05, 0) is 42.8 Å². The molecular weight excluding hydrogens is 378 g/mol. The number of nitrogens with zero attached hydrogens (tertiary/aromatic N) is 1. The third-order valence-electron chi connectivity index (χ3n) is 3.78. The van der Waals surface area contributed by atoms with E-state index in [4.69, 9.17) is 9.88 Å². The molecule has 2 aromatic carbocycles. The van der Waals surface area contributed by atoms with Crippen LogP contribution in [-0.2, 0) is 14.8 Å². The Kier molecular flexibility index (Phi) is 7.32. The smallest absolute Gasteiger partial charge is 0.266 e. The predicted octanol–water partition coefficient (Wildman–Crippen LogP) is 3.06. The summed E-state index contributed by atoms with van der Waals surface area (Å²) in [7, 11) is -3.81. The number of rotatable bonds is 8. The summed E-state index contributed by atoms with van der Waals surface area (Å²) < 4.78 is 28.3. The summed E-state index contributed by atoms with van der Waals surface area (Å²) in [6.07, 6.45) is 3.35. The van der Waals surface area contributed by atoms with E-state index in [0.717, 1.165) is 12.8 Å². The van der Waals surface area contributed by atoms with Gasteiger partial charge in [0.25, 0.3) is 5.91 Å². The van der Waals surface area contributed by atoms with Gasteiger partial charge in [-0.3, -0.25) is 4.79 Å². The Morgan fingerprint density at radius 2 is 1.89 bits per heavy atom. The van der Waals surface area contributed by atoms with Gasteiger partial charge in [0.2, 0.25) is 10.0 Å². The van der Waals surface area contributed by atoms with Gasteiger partial charge < -0.3 is 10.1 Å². The summed E-state index contributed by atoms with van der Waals surface area (Å²) in [5, 5.41) is 17.0. The summed E-state index contributed by atoms with van der Waals surface area (Å²) in [5.41, 5.74) is 0.850. The molecule has 0 radical (unpaired) electrons. The summed E-state index contributed by atoms with van der Waals surface area (Å²) in [4.78, 5) is 12.3. The van der Waals surface area contributed by atoms with E-state index in [1.54, 1.807) is 18.2 Å². The topological polar surface area (TPSA) is 122 Å². The highest BCUT2D eigenvalue weighted by Gasteiger charge is 2.12. The van der Waals surface area contributed by atoms with E-state index >= 15 is 0 Å². The number of nitrogens with one attached hydrogen (secondary N) is 1. The molecule has 0 aliphatic heterocycles. The van der Waals surface area contributed by atoms with Gasteiger partial charge in [0.1, 0.15) is 17.4 Å². The Balaban J connectivity index is 2.19. The number of unbranched alkanes of at least 4 members (excludes halogenated alkanes) is 1. The molecule has 0 aliphatic carbocycles. The van der Waals surface area contributed by atoms with Gasteiger partial charge >= 0.3 is 0 Å².